The molecule has 0 fully saturated rings. The van der Waals surface area contributed by atoms with Crippen molar-refractivity contribution >= 4 is 5.91 Å². The Morgan fingerprint density at radius 2 is 1.59 bits per heavy atom. The SMILES string of the molecule is O=C(Cn1ccccc1=O)NCc1cn(-c2ccccc2)nc1-c1ccccc1. The molecule has 0 atom stereocenters. The van der Waals surface area contributed by atoms with E-state index in [1.165, 1.54) is 10.6 Å². The summed E-state index contributed by atoms with van der Waals surface area (Å²) in [4.78, 5) is 24.2. The Hall–Kier alpha value is -3.93. The van der Waals surface area contributed by atoms with Gasteiger partial charge < -0.3 is 9.88 Å². The van der Waals surface area contributed by atoms with E-state index in [0.29, 0.717) is 6.54 Å². The molecule has 0 radical (unpaired) electrons. The van der Waals surface area contributed by atoms with E-state index in [1.54, 1.807) is 18.3 Å². The molecule has 1 N–H and O–H groups in total. The van der Waals surface area contributed by atoms with Crippen molar-refractivity contribution in [3.8, 4) is 16.9 Å². The second-order valence-corrected chi connectivity index (χ2v) is 6.59. The number of carbonyl (C=O) groups excluding carboxylic acids is 1. The number of benzene rings is 2. The van der Waals surface area contributed by atoms with Crippen LogP contribution in [0.5, 0.6) is 0 Å². The van der Waals surface area contributed by atoms with E-state index in [4.69, 9.17) is 5.10 Å². The van der Waals surface area contributed by atoms with E-state index in [1.807, 2.05) is 71.5 Å². The van der Waals surface area contributed by atoms with Gasteiger partial charge in [-0.1, -0.05) is 54.6 Å². The molecular formula is C23H20N4O2. The fourth-order valence-corrected chi connectivity index (χ4v) is 3.09. The number of aromatic nitrogens is 3. The highest BCUT2D eigenvalue weighted by Gasteiger charge is 2.13. The van der Waals surface area contributed by atoms with Crippen molar-refractivity contribution in [3.05, 3.63) is 107 Å². The molecule has 0 unspecified atom stereocenters. The van der Waals surface area contributed by atoms with Gasteiger partial charge in [-0.15, -0.1) is 0 Å². The molecule has 0 saturated carbocycles. The first-order chi connectivity index (χ1) is 14.2. The fraction of sp³-hybridized carbons (Fsp3) is 0.0870. The lowest BCUT2D eigenvalue weighted by Gasteiger charge is -2.07. The fourth-order valence-electron chi connectivity index (χ4n) is 3.09. The van der Waals surface area contributed by atoms with Gasteiger partial charge in [0.2, 0.25) is 5.91 Å². The lowest BCUT2D eigenvalue weighted by Crippen LogP contribution is -2.31. The zero-order valence-electron chi connectivity index (χ0n) is 15.7. The number of nitrogens with zero attached hydrogens (tertiary/aromatic N) is 3. The minimum absolute atomic E-state index is 0.0207. The van der Waals surface area contributed by atoms with Gasteiger partial charge in [-0.2, -0.15) is 5.10 Å². The van der Waals surface area contributed by atoms with Crippen LogP contribution in [-0.4, -0.2) is 20.3 Å². The summed E-state index contributed by atoms with van der Waals surface area (Å²) >= 11 is 0. The predicted molar refractivity (Wildman–Crippen MR) is 112 cm³/mol. The summed E-state index contributed by atoms with van der Waals surface area (Å²) in [6.45, 7) is 0.296. The van der Waals surface area contributed by atoms with E-state index in [0.717, 1.165) is 22.5 Å². The van der Waals surface area contributed by atoms with Crippen LogP contribution < -0.4 is 10.9 Å². The maximum atomic E-state index is 12.4. The number of carbonyl (C=O) groups is 1. The largest absolute Gasteiger partial charge is 0.350 e. The van der Waals surface area contributed by atoms with Gasteiger partial charge in [-0.3, -0.25) is 9.59 Å². The minimum atomic E-state index is -0.232. The van der Waals surface area contributed by atoms with Crippen molar-refractivity contribution in [2.45, 2.75) is 13.1 Å². The predicted octanol–water partition coefficient (Wildman–Crippen LogP) is 3.02. The first-order valence-corrected chi connectivity index (χ1v) is 9.32. The second-order valence-electron chi connectivity index (χ2n) is 6.59. The van der Waals surface area contributed by atoms with Crippen LogP contribution in [0.4, 0.5) is 0 Å². The van der Waals surface area contributed by atoms with E-state index < -0.39 is 0 Å². The number of rotatable bonds is 6. The number of para-hydroxylation sites is 1. The highest BCUT2D eigenvalue weighted by atomic mass is 16.2. The van der Waals surface area contributed by atoms with Crippen LogP contribution in [0.1, 0.15) is 5.56 Å². The van der Waals surface area contributed by atoms with E-state index in [-0.39, 0.29) is 18.0 Å². The Kier molecular flexibility index (Phi) is 5.33. The topological polar surface area (TPSA) is 68.9 Å². The van der Waals surface area contributed by atoms with Gasteiger partial charge in [0, 0.05) is 36.1 Å². The van der Waals surface area contributed by atoms with Crippen LogP contribution in [0.15, 0.2) is 96.1 Å². The molecule has 29 heavy (non-hydrogen) atoms. The summed E-state index contributed by atoms with van der Waals surface area (Å²) in [6.07, 6.45) is 3.53. The van der Waals surface area contributed by atoms with Gasteiger partial charge in [-0.25, -0.2) is 4.68 Å². The summed E-state index contributed by atoms with van der Waals surface area (Å²) < 4.78 is 3.19. The van der Waals surface area contributed by atoms with Crippen molar-refractivity contribution < 1.29 is 4.79 Å². The molecule has 4 aromatic rings. The molecule has 2 aromatic heterocycles. The van der Waals surface area contributed by atoms with Gasteiger partial charge in [0.15, 0.2) is 0 Å². The van der Waals surface area contributed by atoms with Gasteiger partial charge in [0.25, 0.3) is 5.56 Å². The molecule has 6 nitrogen and oxygen atoms in total. The molecule has 2 aromatic carbocycles. The lowest BCUT2D eigenvalue weighted by molar-refractivity contribution is -0.121. The van der Waals surface area contributed by atoms with E-state index >= 15 is 0 Å². The Balaban J connectivity index is 1.57. The maximum absolute atomic E-state index is 12.4. The van der Waals surface area contributed by atoms with Crippen LogP contribution >= 0.6 is 0 Å². The van der Waals surface area contributed by atoms with Crippen molar-refractivity contribution in [1.29, 1.82) is 0 Å². The zero-order valence-corrected chi connectivity index (χ0v) is 15.7. The number of hydrogen-bond donors (Lipinski definition) is 1. The molecule has 0 bridgehead atoms. The van der Waals surface area contributed by atoms with E-state index in [9.17, 15) is 9.59 Å². The third-order valence-corrected chi connectivity index (χ3v) is 4.55. The third kappa shape index (κ3) is 4.32. The summed E-state index contributed by atoms with van der Waals surface area (Å²) in [5.74, 6) is -0.232. The number of hydrogen-bond acceptors (Lipinski definition) is 3. The van der Waals surface area contributed by atoms with Gasteiger partial charge in [-0.05, 0) is 18.2 Å². The number of nitrogens with one attached hydrogen (secondary N) is 1. The Labute approximate surface area is 168 Å². The first kappa shape index (κ1) is 18.4. The van der Waals surface area contributed by atoms with Crippen molar-refractivity contribution in [2.24, 2.45) is 0 Å². The van der Waals surface area contributed by atoms with Crippen LogP contribution in [-0.2, 0) is 17.9 Å². The van der Waals surface area contributed by atoms with Crippen LogP contribution in [0.2, 0.25) is 0 Å². The highest BCUT2D eigenvalue weighted by Crippen LogP contribution is 2.23. The third-order valence-electron chi connectivity index (χ3n) is 4.55. The molecule has 0 aliphatic heterocycles. The monoisotopic (exact) mass is 384 g/mol. The second kappa shape index (κ2) is 8.39. The molecular weight excluding hydrogens is 364 g/mol. The molecule has 0 aliphatic carbocycles. The molecule has 144 valence electrons. The molecule has 0 aliphatic rings. The lowest BCUT2D eigenvalue weighted by atomic mass is 10.1. The average Bonchev–Trinajstić information content (AvgIpc) is 3.20. The Morgan fingerprint density at radius 3 is 2.31 bits per heavy atom. The maximum Gasteiger partial charge on any atom is 0.250 e. The Morgan fingerprint density at radius 1 is 0.897 bits per heavy atom. The van der Waals surface area contributed by atoms with Crippen LogP contribution in [0.3, 0.4) is 0 Å². The van der Waals surface area contributed by atoms with Crippen LogP contribution in [0, 0.1) is 0 Å². The quantitative estimate of drug-likeness (QED) is 0.556. The molecule has 1 amide bonds. The van der Waals surface area contributed by atoms with Crippen LogP contribution in [0.25, 0.3) is 16.9 Å². The summed E-state index contributed by atoms with van der Waals surface area (Å²) in [5, 5.41) is 7.63. The van der Waals surface area contributed by atoms with E-state index in [2.05, 4.69) is 5.32 Å². The number of amides is 1. The standard InChI is InChI=1S/C23H20N4O2/c28-21(17-26-14-8-7-13-22(26)29)24-15-19-16-27(20-11-5-2-6-12-20)25-23(19)18-9-3-1-4-10-18/h1-14,16H,15,17H2,(H,24,28). The molecule has 4 rings (SSSR count). The Bertz CT molecular complexity index is 1160. The first-order valence-electron chi connectivity index (χ1n) is 9.32. The zero-order chi connectivity index (χ0) is 20.1. The number of pyridine rings is 1. The molecule has 0 saturated heterocycles. The molecule has 2 heterocycles. The molecule has 6 heteroatoms. The summed E-state index contributed by atoms with van der Waals surface area (Å²) in [5.41, 5.74) is 3.42. The molecule has 0 spiro atoms. The van der Waals surface area contributed by atoms with Gasteiger partial charge >= 0.3 is 0 Å². The van der Waals surface area contributed by atoms with Crippen molar-refractivity contribution in [1.82, 2.24) is 19.7 Å². The average molecular weight is 384 g/mol. The van der Waals surface area contributed by atoms with Crippen molar-refractivity contribution in [2.75, 3.05) is 0 Å². The summed E-state index contributed by atoms with van der Waals surface area (Å²) in [6, 6.07) is 24.5. The highest BCUT2D eigenvalue weighted by molar-refractivity contribution is 5.76. The van der Waals surface area contributed by atoms with Gasteiger partial charge in [0.1, 0.15) is 6.54 Å². The normalized spacial score (nSPS) is 10.6. The smallest absolute Gasteiger partial charge is 0.250 e. The minimum Gasteiger partial charge on any atom is -0.350 e. The van der Waals surface area contributed by atoms with Gasteiger partial charge in [0.05, 0.1) is 11.4 Å². The summed E-state index contributed by atoms with van der Waals surface area (Å²) in [7, 11) is 0. The van der Waals surface area contributed by atoms with Crippen molar-refractivity contribution in [3.63, 3.8) is 0 Å².